The Labute approximate surface area is 116 Å². The number of carbonyl (C=O) groups is 1. The van der Waals surface area contributed by atoms with Gasteiger partial charge in [0.25, 0.3) is 0 Å². The maximum absolute atomic E-state index is 11.9. The van der Waals surface area contributed by atoms with Crippen molar-refractivity contribution in [1.29, 1.82) is 0 Å². The molecular weight excluding hydrogens is 248 g/mol. The monoisotopic (exact) mass is 274 g/mol. The number of likely N-dealkylation sites (tertiary alicyclic amines) is 1. The molecule has 0 bridgehead atoms. The molecule has 0 saturated carbocycles. The molecule has 0 spiro atoms. The topological polar surface area (TPSA) is 32.3 Å². The van der Waals surface area contributed by atoms with Crippen LogP contribution in [0.15, 0.2) is 0 Å². The van der Waals surface area contributed by atoms with Crippen LogP contribution in [-0.4, -0.2) is 42.9 Å². The van der Waals surface area contributed by atoms with E-state index in [4.69, 9.17) is 11.6 Å². The summed E-state index contributed by atoms with van der Waals surface area (Å²) < 4.78 is 0. The molecule has 0 aromatic heterocycles. The largest absolute Gasteiger partial charge is 0.355 e. The summed E-state index contributed by atoms with van der Waals surface area (Å²) in [5, 5.41) is 3.01. The number of nitrogens with zero attached hydrogens (tertiary/aromatic N) is 1. The van der Waals surface area contributed by atoms with Gasteiger partial charge in [-0.2, -0.15) is 0 Å². The van der Waals surface area contributed by atoms with E-state index in [2.05, 4.69) is 17.1 Å². The van der Waals surface area contributed by atoms with Crippen LogP contribution >= 0.6 is 11.6 Å². The van der Waals surface area contributed by atoms with E-state index in [1.54, 1.807) is 0 Å². The van der Waals surface area contributed by atoms with Crippen molar-refractivity contribution in [3.05, 3.63) is 0 Å². The van der Waals surface area contributed by atoms with Crippen molar-refractivity contribution in [1.82, 2.24) is 10.2 Å². The van der Waals surface area contributed by atoms with Crippen LogP contribution in [0.2, 0.25) is 0 Å². The zero-order valence-electron chi connectivity index (χ0n) is 12.0. The van der Waals surface area contributed by atoms with E-state index in [1.807, 2.05) is 13.8 Å². The third-order valence-corrected chi connectivity index (χ3v) is 4.25. The van der Waals surface area contributed by atoms with Gasteiger partial charge >= 0.3 is 0 Å². The average Bonchev–Trinajstić information content (AvgIpc) is 2.37. The van der Waals surface area contributed by atoms with Crippen LogP contribution < -0.4 is 5.32 Å². The molecule has 3 nitrogen and oxygen atoms in total. The molecule has 1 unspecified atom stereocenters. The molecule has 1 N–H and O–H groups in total. The van der Waals surface area contributed by atoms with Gasteiger partial charge in [-0.3, -0.25) is 4.79 Å². The molecule has 1 aliphatic rings. The summed E-state index contributed by atoms with van der Waals surface area (Å²) in [6.45, 7) is 10.2. The summed E-state index contributed by atoms with van der Waals surface area (Å²) in [6.07, 6.45) is 4.00. The van der Waals surface area contributed by atoms with Crippen LogP contribution in [0.4, 0.5) is 0 Å². The van der Waals surface area contributed by atoms with E-state index in [-0.39, 0.29) is 5.91 Å². The first-order valence-electron chi connectivity index (χ1n) is 7.02. The van der Waals surface area contributed by atoms with Crippen LogP contribution in [0.1, 0.15) is 40.0 Å². The lowest BCUT2D eigenvalue weighted by atomic mass is 9.95. The second-order valence-corrected chi connectivity index (χ2v) is 6.46. The molecule has 1 rings (SSSR count). The molecule has 1 atom stereocenters. The summed E-state index contributed by atoms with van der Waals surface area (Å²) >= 11 is 5.79. The van der Waals surface area contributed by atoms with E-state index in [9.17, 15) is 4.79 Å². The van der Waals surface area contributed by atoms with E-state index in [0.717, 1.165) is 13.1 Å². The van der Waals surface area contributed by atoms with Gasteiger partial charge in [-0.05, 0) is 45.7 Å². The molecule has 1 fully saturated rings. The van der Waals surface area contributed by atoms with Gasteiger partial charge in [0.2, 0.25) is 5.91 Å². The molecule has 1 saturated heterocycles. The number of hydrogen-bond acceptors (Lipinski definition) is 2. The zero-order chi connectivity index (χ0) is 13.6. The molecule has 106 valence electrons. The minimum Gasteiger partial charge on any atom is -0.355 e. The normalized spacial score (nSPS) is 19.6. The Morgan fingerprint density at radius 3 is 2.50 bits per heavy atom. The van der Waals surface area contributed by atoms with Crippen LogP contribution in [0, 0.1) is 11.3 Å². The molecule has 0 aromatic rings. The highest BCUT2D eigenvalue weighted by Crippen LogP contribution is 2.17. The second-order valence-electron chi connectivity index (χ2n) is 6.19. The fraction of sp³-hybridized carbons (Fsp3) is 0.929. The first-order chi connectivity index (χ1) is 8.45. The Morgan fingerprint density at radius 2 is 1.94 bits per heavy atom. The maximum atomic E-state index is 11.9. The molecule has 4 heteroatoms. The van der Waals surface area contributed by atoms with Gasteiger partial charge < -0.3 is 10.2 Å². The van der Waals surface area contributed by atoms with Gasteiger partial charge in [-0.25, -0.2) is 0 Å². The van der Waals surface area contributed by atoms with Crippen molar-refractivity contribution in [3.8, 4) is 0 Å². The Hall–Kier alpha value is -0.280. The predicted molar refractivity (Wildman–Crippen MR) is 77.0 cm³/mol. The Kier molecular flexibility index (Phi) is 6.44. The summed E-state index contributed by atoms with van der Waals surface area (Å²) in [5.74, 6) is 0.917. The molecule has 1 aliphatic heterocycles. The number of halogens is 1. The number of rotatable bonds is 6. The summed E-state index contributed by atoms with van der Waals surface area (Å²) in [7, 11) is 0. The number of alkyl halides is 1. The number of piperidine rings is 1. The Morgan fingerprint density at radius 1 is 1.33 bits per heavy atom. The van der Waals surface area contributed by atoms with Crippen LogP contribution in [0.5, 0.6) is 0 Å². The fourth-order valence-electron chi connectivity index (χ4n) is 2.21. The van der Waals surface area contributed by atoms with Gasteiger partial charge in [0.15, 0.2) is 0 Å². The van der Waals surface area contributed by atoms with Gasteiger partial charge in [-0.1, -0.05) is 13.3 Å². The van der Waals surface area contributed by atoms with E-state index in [1.165, 1.54) is 32.4 Å². The highest BCUT2D eigenvalue weighted by molar-refractivity contribution is 6.19. The van der Waals surface area contributed by atoms with Crippen molar-refractivity contribution in [2.75, 3.05) is 32.1 Å². The van der Waals surface area contributed by atoms with E-state index < -0.39 is 5.41 Å². The van der Waals surface area contributed by atoms with Crippen molar-refractivity contribution in [2.45, 2.75) is 40.0 Å². The van der Waals surface area contributed by atoms with Crippen molar-refractivity contribution in [3.63, 3.8) is 0 Å². The summed E-state index contributed by atoms with van der Waals surface area (Å²) in [6, 6.07) is 0. The fourth-order valence-corrected chi connectivity index (χ4v) is 2.34. The van der Waals surface area contributed by atoms with Gasteiger partial charge in [0, 0.05) is 19.0 Å². The smallest absolute Gasteiger partial charge is 0.226 e. The molecule has 0 aromatic carbocycles. The van der Waals surface area contributed by atoms with Crippen LogP contribution in [0.25, 0.3) is 0 Å². The van der Waals surface area contributed by atoms with Gasteiger partial charge in [0.1, 0.15) is 0 Å². The zero-order valence-corrected chi connectivity index (χ0v) is 12.7. The number of carbonyl (C=O) groups excluding carboxylic acids is 1. The first-order valence-corrected chi connectivity index (χ1v) is 7.56. The highest BCUT2D eigenvalue weighted by Gasteiger charge is 2.26. The Balaban J connectivity index is 2.23. The van der Waals surface area contributed by atoms with Crippen molar-refractivity contribution in [2.24, 2.45) is 11.3 Å². The summed E-state index contributed by atoms with van der Waals surface area (Å²) in [5.41, 5.74) is -0.466. The molecule has 1 amide bonds. The van der Waals surface area contributed by atoms with Crippen molar-refractivity contribution >= 4 is 17.5 Å². The predicted octanol–water partition coefficient (Wildman–Crippen LogP) is 2.49. The third-order valence-electron chi connectivity index (χ3n) is 3.58. The lowest BCUT2D eigenvalue weighted by molar-refractivity contribution is -0.128. The van der Waals surface area contributed by atoms with Gasteiger partial charge in [-0.15, -0.1) is 11.6 Å². The van der Waals surface area contributed by atoms with Crippen LogP contribution in [0.3, 0.4) is 0 Å². The van der Waals surface area contributed by atoms with Crippen molar-refractivity contribution < 1.29 is 4.79 Å². The lowest BCUT2D eigenvalue weighted by Crippen LogP contribution is -2.42. The number of nitrogens with one attached hydrogen (secondary N) is 1. The van der Waals surface area contributed by atoms with E-state index in [0.29, 0.717) is 11.8 Å². The minimum absolute atomic E-state index is 0.0583. The van der Waals surface area contributed by atoms with Gasteiger partial charge in [0.05, 0.1) is 5.41 Å². The van der Waals surface area contributed by atoms with E-state index >= 15 is 0 Å². The minimum atomic E-state index is -0.466. The average molecular weight is 275 g/mol. The number of hydrogen-bond donors (Lipinski definition) is 1. The SMILES string of the molecule is CC(CNC(=O)C(C)(C)CCl)CN1CCCCC1. The van der Waals surface area contributed by atoms with Crippen LogP contribution in [-0.2, 0) is 4.79 Å². The Bertz CT molecular complexity index is 263. The molecular formula is C14H27ClN2O. The number of amides is 1. The second kappa shape index (κ2) is 7.34. The maximum Gasteiger partial charge on any atom is 0.226 e. The molecule has 0 aliphatic carbocycles. The molecule has 18 heavy (non-hydrogen) atoms. The third kappa shape index (κ3) is 5.15. The lowest BCUT2D eigenvalue weighted by Gasteiger charge is -2.29. The first kappa shape index (κ1) is 15.8. The standard InChI is InChI=1S/C14H27ClN2O/c1-12(10-17-7-5-4-6-8-17)9-16-13(18)14(2,3)11-15/h12H,4-11H2,1-3H3,(H,16,18). The highest BCUT2D eigenvalue weighted by atomic mass is 35.5. The molecule has 1 heterocycles. The quantitative estimate of drug-likeness (QED) is 0.755. The molecule has 0 radical (unpaired) electrons. The summed E-state index contributed by atoms with van der Waals surface area (Å²) in [4.78, 5) is 14.4.